The first kappa shape index (κ1) is 13.9. The molecule has 4 N–H and O–H groups in total. The van der Waals surface area contributed by atoms with Crippen LogP contribution in [0.2, 0.25) is 0 Å². The third-order valence-electron chi connectivity index (χ3n) is 2.12. The first-order valence-electron chi connectivity index (χ1n) is 5.26. The Morgan fingerprint density at radius 2 is 2.33 bits per heavy atom. The van der Waals surface area contributed by atoms with E-state index in [4.69, 9.17) is 10.8 Å². The third-order valence-corrected chi connectivity index (χ3v) is 2.12. The molecule has 5 nitrogen and oxygen atoms in total. The lowest BCUT2D eigenvalue weighted by molar-refractivity contribution is -0.123. The lowest BCUT2D eigenvalue weighted by Crippen LogP contribution is -2.36. The SMILES string of the molecule is CCCC(N)=O.O=C1CCC(CO)CN1. The lowest BCUT2D eigenvalue weighted by atomic mass is 10.0. The summed E-state index contributed by atoms with van der Waals surface area (Å²) < 4.78 is 0. The van der Waals surface area contributed by atoms with Crippen molar-refractivity contribution in [3.05, 3.63) is 0 Å². The van der Waals surface area contributed by atoms with Gasteiger partial charge < -0.3 is 16.2 Å². The second-order valence-electron chi connectivity index (χ2n) is 3.61. The van der Waals surface area contributed by atoms with Crippen molar-refractivity contribution < 1.29 is 14.7 Å². The van der Waals surface area contributed by atoms with Gasteiger partial charge in [0.1, 0.15) is 0 Å². The first-order chi connectivity index (χ1) is 7.10. The molecule has 1 rings (SSSR count). The number of aliphatic hydroxyl groups excluding tert-OH is 1. The zero-order valence-corrected chi connectivity index (χ0v) is 9.16. The molecule has 1 unspecified atom stereocenters. The Morgan fingerprint density at radius 1 is 1.67 bits per heavy atom. The molecule has 0 aliphatic carbocycles. The van der Waals surface area contributed by atoms with E-state index in [9.17, 15) is 9.59 Å². The van der Waals surface area contributed by atoms with Gasteiger partial charge in [-0.15, -0.1) is 0 Å². The molecule has 1 atom stereocenters. The molecule has 1 saturated heterocycles. The molecule has 0 aromatic rings. The van der Waals surface area contributed by atoms with E-state index in [0.29, 0.717) is 25.3 Å². The molecule has 2 amide bonds. The van der Waals surface area contributed by atoms with E-state index in [-0.39, 0.29) is 18.4 Å². The maximum Gasteiger partial charge on any atom is 0.220 e. The predicted molar refractivity (Wildman–Crippen MR) is 56.9 cm³/mol. The molecule has 0 aromatic carbocycles. The number of piperidine rings is 1. The van der Waals surface area contributed by atoms with Gasteiger partial charge in [0.2, 0.25) is 11.8 Å². The molecule has 1 fully saturated rings. The molecule has 0 saturated carbocycles. The summed E-state index contributed by atoms with van der Waals surface area (Å²) in [5.41, 5.74) is 4.76. The van der Waals surface area contributed by atoms with E-state index >= 15 is 0 Å². The van der Waals surface area contributed by atoms with Crippen LogP contribution in [0.1, 0.15) is 32.6 Å². The molecule has 0 bridgehead atoms. The number of carbonyl (C=O) groups is 2. The minimum atomic E-state index is -0.211. The molecule has 0 aromatic heterocycles. The largest absolute Gasteiger partial charge is 0.396 e. The average Bonchev–Trinajstić information content (AvgIpc) is 2.20. The molecular weight excluding hydrogens is 196 g/mol. The van der Waals surface area contributed by atoms with Crippen LogP contribution in [0, 0.1) is 5.92 Å². The van der Waals surface area contributed by atoms with Crippen molar-refractivity contribution in [3.8, 4) is 0 Å². The van der Waals surface area contributed by atoms with Crippen LogP contribution in [0.5, 0.6) is 0 Å². The summed E-state index contributed by atoms with van der Waals surface area (Å²) in [6.07, 6.45) is 2.78. The number of nitrogens with one attached hydrogen (secondary N) is 1. The van der Waals surface area contributed by atoms with Gasteiger partial charge in [0.25, 0.3) is 0 Å². The van der Waals surface area contributed by atoms with E-state index in [2.05, 4.69) is 5.32 Å². The van der Waals surface area contributed by atoms with E-state index < -0.39 is 0 Å². The number of primary amides is 1. The van der Waals surface area contributed by atoms with Crippen LogP contribution < -0.4 is 11.1 Å². The van der Waals surface area contributed by atoms with Crippen LogP contribution in [-0.4, -0.2) is 30.1 Å². The van der Waals surface area contributed by atoms with Gasteiger partial charge in [-0.25, -0.2) is 0 Å². The van der Waals surface area contributed by atoms with Gasteiger partial charge in [-0.1, -0.05) is 6.92 Å². The summed E-state index contributed by atoms with van der Waals surface area (Å²) in [4.78, 5) is 20.4. The normalized spacial score (nSPS) is 19.9. The van der Waals surface area contributed by atoms with Crippen molar-refractivity contribution in [2.75, 3.05) is 13.2 Å². The Balaban J connectivity index is 0.000000288. The Morgan fingerprint density at radius 3 is 2.60 bits per heavy atom. The van der Waals surface area contributed by atoms with E-state index in [1.165, 1.54) is 0 Å². The summed E-state index contributed by atoms with van der Waals surface area (Å²) in [6.45, 7) is 2.76. The van der Waals surface area contributed by atoms with E-state index in [0.717, 1.165) is 12.8 Å². The van der Waals surface area contributed by atoms with Gasteiger partial charge in [0.05, 0.1) is 0 Å². The van der Waals surface area contributed by atoms with Crippen molar-refractivity contribution in [1.82, 2.24) is 5.32 Å². The van der Waals surface area contributed by atoms with Crippen LogP contribution in [0.15, 0.2) is 0 Å². The van der Waals surface area contributed by atoms with Crippen molar-refractivity contribution >= 4 is 11.8 Å². The highest BCUT2D eigenvalue weighted by atomic mass is 16.3. The van der Waals surface area contributed by atoms with Crippen LogP contribution in [0.25, 0.3) is 0 Å². The number of nitrogens with two attached hydrogens (primary N) is 1. The summed E-state index contributed by atoms with van der Waals surface area (Å²) in [5, 5.41) is 11.3. The molecule has 15 heavy (non-hydrogen) atoms. The summed E-state index contributed by atoms with van der Waals surface area (Å²) in [5.74, 6) is 0.194. The highest BCUT2D eigenvalue weighted by Crippen LogP contribution is 2.08. The highest BCUT2D eigenvalue weighted by molar-refractivity contribution is 5.76. The van der Waals surface area contributed by atoms with Crippen LogP contribution in [0.3, 0.4) is 0 Å². The minimum Gasteiger partial charge on any atom is -0.396 e. The van der Waals surface area contributed by atoms with Crippen molar-refractivity contribution in [2.45, 2.75) is 32.6 Å². The van der Waals surface area contributed by atoms with E-state index in [1.54, 1.807) is 0 Å². The predicted octanol–water partition coefficient (Wildman–Crippen LogP) is -0.223. The molecular formula is C10H20N2O3. The fraction of sp³-hybridized carbons (Fsp3) is 0.800. The number of aliphatic hydroxyl groups is 1. The Bertz CT molecular complexity index is 197. The standard InChI is InChI=1S/C6H11NO2.C4H9NO/c8-4-5-1-2-6(9)7-3-5;1-2-3-4(5)6/h5,8H,1-4H2,(H,7,9);2-3H2,1H3,(H2,5,6). The molecule has 0 radical (unpaired) electrons. The summed E-state index contributed by atoms with van der Waals surface area (Å²) >= 11 is 0. The van der Waals surface area contributed by atoms with Crippen molar-refractivity contribution in [3.63, 3.8) is 0 Å². The Labute approximate surface area is 90.0 Å². The lowest BCUT2D eigenvalue weighted by Gasteiger charge is -2.19. The molecule has 1 aliphatic rings. The molecule has 0 spiro atoms. The van der Waals surface area contributed by atoms with E-state index in [1.807, 2.05) is 6.92 Å². The maximum absolute atomic E-state index is 10.5. The minimum absolute atomic E-state index is 0.111. The van der Waals surface area contributed by atoms with Crippen LogP contribution in [-0.2, 0) is 9.59 Å². The van der Waals surface area contributed by atoms with Crippen molar-refractivity contribution in [2.24, 2.45) is 11.7 Å². The summed E-state index contributed by atoms with van der Waals surface area (Å²) in [7, 11) is 0. The smallest absolute Gasteiger partial charge is 0.220 e. The number of hydrogen-bond acceptors (Lipinski definition) is 3. The zero-order valence-electron chi connectivity index (χ0n) is 9.16. The second-order valence-corrected chi connectivity index (χ2v) is 3.61. The molecule has 5 heteroatoms. The van der Waals surface area contributed by atoms with Gasteiger partial charge in [0, 0.05) is 26.0 Å². The summed E-state index contributed by atoms with van der Waals surface area (Å²) in [6, 6.07) is 0. The van der Waals surface area contributed by atoms with Crippen molar-refractivity contribution in [1.29, 1.82) is 0 Å². The van der Waals surface area contributed by atoms with Gasteiger partial charge in [-0.3, -0.25) is 9.59 Å². The number of hydrogen-bond donors (Lipinski definition) is 3. The maximum atomic E-state index is 10.5. The van der Waals surface area contributed by atoms with Gasteiger partial charge in [-0.2, -0.15) is 0 Å². The van der Waals surface area contributed by atoms with Crippen LogP contribution in [0.4, 0.5) is 0 Å². The average molecular weight is 216 g/mol. The quantitative estimate of drug-likeness (QED) is 0.608. The zero-order chi connectivity index (χ0) is 11.7. The highest BCUT2D eigenvalue weighted by Gasteiger charge is 2.15. The number of amides is 2. The molecule has 1 heterocycles. The third kappa shape index (κ3) is 7.93. The Kier molecular flexibility index (Phi) is 7.62. The molecule has 1 aliphatic heterocycles. The number of carbonyl (C=O) groups excluding carboxylic acids is 2. The second kappa shape index (κ2) is 8.23. The molecule has 88 valence electrons. The fourth-order valence-corrected chi connectivity index (χ4v) is 1.19. The topological polar surface area (TPSA) is 92.4 Å². The monoisotopic (exact) mass is 216 g/mol. The Hall–Kier alpha value is -1.10. The van der Waals surface area contributed by atoms with Crippen LogP contribution >= 0.6 is 0 Å². The van der Waals surface area contributed by atoms with Gasteiger partial charge in [-0.05, 0) is 18.8 Å². The van der Waals surface area contributed by atoms with Gasteiger partial charge in [0.15, 0.2) is 0 Å². The number of rotatable bonds is 3. The fourth-order valence-electron chi connectivity index (χ4n) is 1.19. The van der Waals surface area contributed by atoms with Gasteiger partial charge >= 0.3 is 0 Å². The first-order valence-corrected chi connectivity index (χ1v) is 5.26.